The van der Waals surface area contributed by atoms with Crippen LogP contribution in [0.3, 0.4) is 0 Å². The molecular formula is C13H22Br2Cl2N2O. The number of rotatable bonds is 7. The zero-order valence-electron chi connectivity index (χ0n) is 11.9. The molecule has 1 N–H and O–H groups in total. The van der Waals surface area contributed by atoms with Crippen LogP contribution < -0.4 is 10.1 Å². The summed E-state index contributed by atoms with van der Waals surface area (Å²) in [5.41, 5.74) is 1.16. The summed E-state index contributed by atoms with van der Waals surface area (Å²) in [6.45, 7) is 5.46. The van der Waals surface area contributed by atoms with Gasteiger partial charge in [0.2, 0.25) is 0 Å². The highest BCUT2D eigenvalue weighted by Gasteiger charge is 2.09. The van der Waals surface area contributed by atoms with Crippen LogP contribution in [-0.2, 0) is 6.54 Å². The van der Waals surface area contributed by atoms with Gasteiger partial charge in [0.1, 0.15) is 5.75 Å². The van der Waals surface area contributed by atoms with Crippen LogP contribution in [0.5, 0.6) is 5.75 Å². The van der Waals surface area contributed by atoms with Gasteiger partial charge in [0, 0.05) is 29.7 Å². The van der Waals surface area contributed by atoms with Crippen LogP contribution in [0.25, 0.3) is 0 Å². The van der Waals surface area contributed by atoms with Gasteiger partial charge < -0.3 is 15.0 Å². The topological polar surface area (TPSA) is 24.5 Å². The van der Waals surface area contributed by atoms with E-state index in [0.29, 0.717) is 6.61 Å². The lowest BCUT2D eigenvalue weighted by molar-refractivity contribution is 0.332. The molecule has 0 bridgehead atoms. The molecule has 7 heteroatoms. The van der Waals surface area contributed by atoms with E-state index in [-0.39, 0.29) is 24.8 Å². The summed E-state index contributed by atoms with van der Waals surface area (Å²) in [5.74, 6) is 0.929. The second-order valence-corrected chi connectivity index (χ2v) is 6.06. The normalized spacial score (nSPS) is 9.90. The van der Waals surface area contributed by atoms with Crippen LogP contribution in [-0.4, -0.2) is 38.7 Å². The minimum atomic E-state index is 0. The number of halogens is 4. The Morgan fingerprint density at radius 1 is 1.20 bits per heavy atom. The first-order valence-electron chi connectivity index (χ1n) is 6.00. The van der Waals surface area contributed by atoms with Crippen molar-refractivity contribution in [3.8, 4) is 5.75 Å². The first-order chi connectivity index (χ1) is 8.54. The van der Waals surface area contributed by atoms with E-state index in [1.54, 1.807) is 0 Å². The molecule has 0 aliphatic rings. The monoisotopic (exact) mass is 450 g/mol. The molecule has 0 unspecified atom stereocenters. The molecule has 0 aliphatic heterocycles. The van der Waals surface area contributed by atoms with E-state index in [9.17, 15) is 0 Å². The SMILES string of the molecule is CCOc1c(Br)cc(Br)cc1CNCCN(C)C.Cl.Cl. The number of likely N-dealkylation sites (N-methyl/N-ethyl adjacent to an activating group) is 1. The second kappa shape index (κ2) is 12.1. The maximum absolute atomic E-state index is 5.68. The predicted octanol–water partition coefficient (Wildman–Crippen LogP) is 4.11. The van der Waals surface area contributed by atoms with E-state index in [2.05, 4.69) is 62.2 Å². The molecule has 0 saturated carbocycles. The lowest BCUT2D eigenvalue weighted by Gasteiger charge is -2.15. The summed E-state index contributed by atoms with van der Waals surface area (Å²) in [4.78, 5) is 2.16. The molecule has 1 aromatic carbocycles. The molecule has 20 heavy (non-hydrogen) atoms. The van der Waals surface area contributed by atoms with Gasteiger partial charge in [0.25, 0.3) is 0 Å². The van der Waals surface area contributed by atoms with E-state index in [0.717, 1.165) is 39.9 Å². The summed E-state index contributed by atoms with van der Waals surface area (Å²) < 4.78 is 7.73. The highest BCUT2D eigenvalue weighted by Crippen LogP contribution is 2.32. The number of hydrogen-bond acceptors (Lipinski definition) is 3. The summed E-state index contributed by atoms with van der Waals surface area (Å²) in [6.07, 6.45) is 0. The molecule has 118 valence electrons. The second-order valence-electron chi connectivity index (χ2n) is 4.29. The van der Waals surface area contributed by atoms with E-state index in [4.69, 9.17) is 4.74 Å². The maximum atomic E-state index is 5.68. The maximum Gasteiger partial charge on any atom is 0.138 e. The van der Waals surface area contributed by atoms with Gasteiger partial charge in [0.15, 0.2) is 0 Å². The fourth-order valence-electron chi connectivity index (χ4n) is 1.58. The van der Waals surface area contributed by atoms with Crippen LogP contribution in [0.15, 0.2) is 21.1 Å². The van der Waals surface area contributed by atoms with Gasteiger partial charge in [-0.1, -0.05) is 15.9 Å². The Hall–Kier alpha value is 0.480. The molecule has 0 aromatic heterocycles. The summed E-state index contributed by atoms with van der Waals surface area (Å²) in [7, 11) is 4.14. The average molecular weight is 453 g/mol. The van der Waals surface area contributed by atoms with Crippen molar-refractivity contribution in [1.82, 2.24) is 10.2 Å². The van der Waals surface area contributed by atoms with Gasteiger partial charge in [-0.15, -0.1) is 24.8 Å². The number of benzene rings is 1. The van der Waals surface area contributed by atoms with E-state index in [1.807, 2.05) is 13.0 Å². The third-order valence-corrected chi connectivity index (χ3v) is 3.47. The largest absolute Gasteiger partial charge is 0.492 e. The Bertz CT molecular complexity index is 393. The minimum absolute atomic E-state index is 0. The quantitative estimate of drug-likeness (QED) is 0.630. The molecule has 0 spiro atoms. The Morgan fingerprint density at radius 2 is 1.85 bits per heavy atom. The smallest absolute Gasteiger partial charge is 0.138 e. The third-order valence-electron chi connectivity index (χ3n) is 2.43. The van der Waals surface area contributed by atoms with Crippen LogP contribution in [0.1, 0.15) is 12.5 Å². The van der Waals surface area contributed by atoms with Crippen molar-refractivity contribution in [3.63, 3.8) is 0 Å². The molecule has 3 nitrogen and oxygen atoms in total. The first kappa shape index (κ1) is 22.8. The Labute approximate surface area is 150 Å². The Morgan fingerprint density at radius 3 is 2.40 bits per heavy atom. The fraction of sp³-hybridized carbons (Fsp3) is 0.538. The van der Waals surface area contributed by atoms with Crippen molar-refractivity contribution in [2.45, 2.75) is 13.5 Å². The number of ether oxygens (including phenoxy) is 1. The van der Waals surface area contributed by atoms with Crippen molar-refractivity contribution in [2.75, 3.05) is 33.8 Å². The average Bonchev–Trinajstić information content (AvgIpc) is 2.28. The fourth-order valence-corrected chi connectivity index (χ4v) is 3.00. The zero-order valence-corrected chi connectivity index (χ0v) is 16.7. The molecular weight excluding hydrogens is 431 g/mol. The lowest BCUT2D eigenvalue weighted by atomic mass is 10.2. The minimum Gasteiger partial charge on any atom is -0.492 e. The van der Waals surface area contributed by atoms with Gasteiger partial charge in [-0.05, 0) is 49.1 Å². The highest BCUT2D eigenvalue weighted by atomic mass is 79.9. The summed E-state index contributed by atoms with van der Waals surface area (Å²) in [6, 6.07) is 4.10. The van der Waals surface area contributed by atoms with Crippen molar-refractivity contribution < 1.29 is 4.74 Å². The van der Waals surface area contributed by atoms with Gasteiger partial charge >= 0.3 is 0 Å². The predicted molar refractivity (Wildman–Crippen MR) is 97.8 cm³/mol. The van der Waals surface area contributed by atoms with Crippen LogP contribution in [0.4, 0.5) is 0 Å². The summed E-state index contributed by atoms with van der Waals surface area (Å²) >= 11 is 7.05. The van der Waals surface area contributed by atoms with Crippen molar-refractivity contribution in [2.24, 2.45) is 0 Å². The van der Waals surface area contributed by atoms with E-state index in [1.165, 1.54) is 0 Å². The molecule has 0 fully saturated rings. The number of hydrogen-bond donors (Lipinski definition) is 1. The van der Waals surface area contributed by atoms with Crippen molar-refractivity contribution in [1.29, 1.82) is 0 Å². The van der Waals surface area contributed by atoms with Crippen molar-refractivity contribution in [3.05, 3.63) is 26.6 Å². The molecule has 0 saturated heterocycles. The molecule has 0 heterocycles. The van der Waals surface area contributed by atoms with Gasteiger partial charge in [-0.25, -0.2) is 0 Å². The van der Waals surface area contributed by atoms with Crippen LogP contribution in [0.2, 0.25) is 0 Å². The van der Waals surface area contributed by atoms with Gasteiger partial charge in [0.05, 0.1) is 11.1 Å². The van der Waals surface area contributed by atoms with Crippen LogP contribution >= 0.6 is 56.7 Å². The molecule has 0 amide bonds. The molecule has 1 rings (SSSR count). The van der Waals surface area contributed by atoms with E-state index >= 15 is 0 Å². The lowest BCUT2D eigenvalue weighted by Crippen LogP contribution is -2.26. The highest BCUT2D eigenvalue weighted by molar-refractivity contribution is 9.11. The number of nitrogens with one attached hydrogen (secondary N) is 1. The van der Waals surface area contributed by atoms with Gasteiger partial charge in [-0.2, -0.15) is 0 Å². The Kier molecular flexibility index (Phi) is 13.7. The molecule has 0 atom stereocenters. The van der Waals surface area contributed by atoms with E-state index < -0.39 is 0 Å². The Balaban J connectivity index is 0. The molecule has 1 aromatic rings. The molecule has 0 aliphatic carbocycles. The summed E-state index contributed by atoms with van der Waals surface area (Å²) in [5, 5.41) is 3.42. The third kappa shape index (κ3) is 8.05. The molecule has 0 radical (unpaired) electrons. The zero-order chi connectivity index (χ0) is 13.5. The standard InChI is InChI=1S/C13H20Br2N2O.2ClH/c1-4-18-13-10(7-11(14)8-12(13)15)9-16-5-6-17(2)3;;/h7-8,16H,4-6,9H2,1-3H3;2*1H. The first-order valence-corrected chi connectivity index (χ1v) is 7.59. The van der Waals surface area contributed by atoms with Crippen molar-refractivity contribution >= 4 is 56.7 Å². The van der Waals surface area contributed by atoms with Crippen LogP contribution in [0, 0.1) is 0 Å². The van der Waals surface area contributed by atoms with Gasteiger partial charge in [-0.3, -0.25) is 0 Å². The number of nitrogens with zero attached hydrogens (tertiary/aromatic N) is 1.